The number of para-hydroxylation sites is 1. The van der Waals surface area contributed by atoms with E-state index < -0.39 is 11.2 Å². The van der Waals surface area contributed by atoms with Crippen LogP contribution < -0.4 is 30.8 Å². The largest absolute Gasteiger partial charge is 0.494 e. The lowest BCUT2D eigenvalue weighted by Crippen LogP contribution is -2.35. The van der Waals surface area contributed by atoms with Crippen LogP contribution in [0.1, 0.15) is 28.4 Å². The molecule has 9 heteroatoms. The molecule has 0 bridgehead atoms. The number of nitrogens with one attached hydrogen (secondary N) is 2. The molecule has 0 aliphatic heterocycles. The van der Waals surface area contributed by atoms with Crippen LogP contribution in [-0.4, -0.2) is 36.3 Å². The van der Waals surface area contributed by atoms with Gasteiger partial charge in [-0.3, -0.25) is 14.2 Å². The highest BCUT2D eigenvalue weighted by Gasteiger charge is 2.14. The van der Waals surface area contributed by atoms with Crippen LogP contribution in [0.3, 0.4) is 0 Å². The highest BCUT2D eigenvalue weighted by Crippen LogP contribution is 2.29. The molecule has 0 saturated heterocycles. The number of hydrogen-bond acceptors (Lipinski definition) is 6. The maximum atomic E-state index is 13.1. The van der Waals surface area contributed by atoms with E-state index in [1.54, 1.807) is 36.4 Å². The second-order valence-corrected chi connectivity index (χ2v) is 7.99. The van der Waals surface area contributed by atoms with Gasteiger partial charge in [-0.1, -0.05) is 30.3 Å². The molecule has 1 heterocycles. The van der Waals surface area contributed by atoms with Crippen LogP contribution >= 0.6 is 0 Å². The lowest BCUT2D eigenvalue weighted by molar-refractivity contribution is 0.0950. The van der Waals surface area contributed by atoms with E-state index in [0.29, 0.717) is 46.7 Å². The summed E-state index contributed by atoms with van der Waals surface area (Å²) in [6.45, 7) is 2.82. The van der Waals surface area contributed by atoms with E-state index in [4.69, 9.17) is 14.2 Å². The number of ether oxygens (including phenoxy) is 3. The van der Waals surface area contributed by atoms with Crippen molar-refractivity contribution < 1.29 is 19.0 Å². The Morgan fingerprint density at radius 3 is 2.33 bits per heavy atom. The van der Waals surface area contributed by atoms with Crippen molar-refractivity contribution in [2.45, 2.75) is 20.0 Å². The molecule has 0 spiro atoms. The minimum absolute atomic E-state index is 0.0437. The van der Waals surface area contributed by atoms with Crippen LogP contribution in [0, 0.1) is 0 Å². The van der Waals surface area contributed by atoms with Crippen LogP contribution in [0.4, 0.5) is 0 Å². The highest BCUT2D eigenvalue weighted by molar-refractivity contribution is 5.94. The van der Waals surface area contributed by atoms with Gasteiger partial charge in [-0.25, -0.2) is 4.79 Å². The number of rotatable bonds is 9. The summed E-state index contributed by atoms with van der Waals surface area (Å²) >= 11 is 0. The molecule has 4 rings (SSSR count). The second kappa shape index (κ2) is 10.8. The Morgan fingerprint density at radius 1 is 0.944 bits per heavy atom. The van der Waals surface area contributed by atoms with E-state index in [2.05, 4.69) is 10.3 Å². The minimum Gasteiger partial charge on any atom is -0.494 e. The Hall–Kier alpha value is -4.53. The average molecular weight is 490 g/mol. The second-order valence-electron chi connectivity index (χ2n) is 7.99. The molecule has 4 aromatic rings. The van der Waals surface area contributed by atoms with Crippen molar-refractivity contribution in [2.75, 3.05) is 20.8 Å². The molecule has 0 radical (unpaired) electrons. The van der Waals surface area contributed by atoms with Crippen molar-refractivity contribution in [3.8, 4) is 17.2 Å². The summed E-state index contributed by atoms with van der Waals surface area (Å²) in [5.74, 6) is 1.29. The number of carbonyl (C=O) groups is 1. The normalized spacial score (nSPS) is 10.8. The van der Waals surface area contributed by atoms with Gasteiger partial charge in [0.15, 0.2) is 11.5 Å². The molecule has 186 valence electrons. The Balaban J connectivity index is 1.51. The van der Waals surface area contributed by atoms with Crippen molar-refractivity contribution in [1.29, 1.82) is 0 Å². The van der Waals surface area contributed by atoms with Crippen LogP contribution in [0.15, 0.2) is 70.3 Å². The summed E-state index contributed by atoms with van der Waals surface area (Å²) in [4.78, 5) is 41.1. The molecule has 0 fully saturated rings. The van der Waals surface area contributed by atoms with Gasteiger partial charge in [0.05, 0.1) is 38.3 Å². The number of aromatic amines is 1. The molecule has 2 N–H and O–H groups in total. The fourth-order valence-electron chi connectivity index (χ4n) is 3.89. The van der Waals surface area contributed by atoms with Gasteiger partial charge in [-0.2, -0.15) is 0 Å². The third-order valence-corrected chi connectivity index (χ3v) is 5.75. The standard InChI is InChI=1S/C27H27N3O6/c1-4-36-22-8-6-5-7-19(22)15-28-25(31)18-11-9-17(10-12-18)16-30-26(32)20-13-23(34-2)24(35-3)14-21(20)29-27(30)33/h5-14H,4,15-16H2,1-3H3,(H,28,31)(H,29,33). The molecule has 9 nitrogen and oxygen atoms in total. The van der Waals surface area contributed by atoms with Crippen LogP contribution in [0.5, 0.6) is 17.2 Å². The Morgan fingerprint density at radius 2 is 1.64 bits per heavy atom. The number of amides is 1. The van der Waals surface area contributed by atoms with Crippen LogP contribution in [-0.2, 0) is 13.1 Å². The lowest BCUT2D eigenvalue weighted by atomic mass is 10.1. The summed E-state index contributed by atoms with van der Waals surface area (Å²) in [6.07, 6.45) is 0. The van der Waals surface area contributed by atoms with E-state index >= 15 is 0 Å². The number of hydrogen-bond donors (Lipinski definition) is 2. The van der Waals surface area contributed by atoms with Gasteiger partial charge in [-0.15, -0.1) is 0 Å². The van der Waals surface area contributed by atoms with Crippen molar-refractivity contribution in [3.63, 3.8) is 0 Å². The Kier molecular flexibility index (Phi) is 7.39. The SMILES string of the molecule is CCOc1ccccc1CNC(=O)c1ccc(Cn2c(=O)[nH]c3cc(OC)c(OC)cc3c2=O)cc1. The van der Waals surface area contributed by atoms with E-state index in [0.717, 1.165) is 15.9 Å². The first-order valence-corrected chi connectivity index (χ1v) is 11.4. The van der Waals surface area contributed by atoms with Crippen molar-refractivity contribution in [3.05, 3.63) is 98.2 Å². The predicted octanol–water partition coefficient (Wildman–Crippen LogP) is 3.08. The number of carbonyl (C=O) groups excluding carboxylic acids is 1. The monoisotopic (exact) mass is 489 g/mol. The highest BCUT2D eigenvalue weighted by atomic mass is 16.5. The fourth-order valence-corrected chi connectivity index (χ4v) is 3.89. The lowest BCUT2D eigenvalue weighted by Gasteiger charge is -2.12. The van der Waals surface area contributed by atoms with Gasteiger partial charge < -0.3 is 24.5 Å². The third-order valence-electron chi connectivity index (χ3n) is 5.75. The first-order chi connectivity index (χ1) is 17.4. The first-order valence-electron chi connectivity index (χ1n) is 11.4. The number of methoxy groups -OCH3 is 2. The molecule has 1 amide bonds. The van der Waals surface area contributed by atoms with Crippen LogP contribution in [0.25, 0.3) is 10.9 Å². The van der Waals surface area contributed by atoms with E-state index in [1.807, 2.05) is 31.2 Å². The first kappa shape index (κ1) is 24.6. The molecule has 0 aliphatic rings. The predicted molar refractivity (Wildman–Crippen MR) is 136 cm³/mol. The quantitative estimate of drug-likeness (QED) is 0.374. The minimum atomic E-state index is -0.547. The molecule has 0 aliphatic carbocycles. The Labute approximate surface area is 207 Å². The van der Waals surface area contributed by atoms with Gasteiger partial charge in [0.1, 0.15) is 5.75 Å². The molecule has 0 unspecified atom stereocenters. The molecule has 0 saturated carbocycles. The smallest absolute Gasteiger partial charge is 0.329 e. The number of H-pyrrole nitrogens is 1. The van der Waals surface area contributed by atoms with E-state index in [-0.39, 0.29) is 12.5 Å². The van der Waals surface area contributed by atoms with Crippen molar-refractivity contribution in [1.82, 2.24) is 14.9 Å². The average Bonchev–Trinajstić information content (AvgIpc) is 2.90. The number of nitrogens with zero attached hydrogens (tertiary/aromatic N) is 1. The van der Waals surface area contributed by atoms with Gasteiger partial charge in [-0.05, 0) is 36.8 Å². The van der Waals surface area contributed by atoms with E-state index in [9.17, 15) is 14.4 Å². The summed E-state index contributed by atoms with van der Waals surface area (Å²) in [5.41, 5.74) is 1.40. The van der Waals surface area contributed by atoms with Gasteiger partial charge >= 0.3 is 5.69 Å². The third kappa shape index (κ3) is 5.10. The van der Waals surface area contributed by atoms with E-state index in [1.165, 1.54) is 14.2 Å². The molecule has 1 aromatic heterocycles. The van der Waals surface area contributed by atoms with Crippen LogP contribution in [0.2, 0.25) is 0 Å². The molecular weight excluding hydrogens is 462 g/mol. The van der Waals surface area contributed by atoms with Gasteiger partial charge in [0, 0.05) is 23.7 Å². The summed E-state index contributed by atoms with van der Waals surface area (Å²) in [7, 11) is 2.95. The molecule has 36 heavy (non-hydrogen) atoms. The van der Waals surface area contributed by atoms with Crippen molar-refractivity contribution >= 4 is 16.8 Å². The topological polar surface area (TPSA) is 112 Å². The number of benzene rings is 3. The van der Waals surface area contributed by atoms with Gasteiger partial charge in [0.25, 0.3) is 11.5 Å². The summed E-state index contributed by atoms with van der Waals surface area (Å²) in [6, 6.07) is 17.4. The maximum absolute atomic E-state index is 13.1. The maximum Gasteiger partial charge on any atom is 0.329 e. The summed E-state index contributed by atoms with van der Waals surface area (Å²) < 4.78 is 17.2. The number of aromatic nitrogens is 2. The molecular formula is C27H27N3O6. The van der Waals surface area contributed by atoms with Gasteiger partial charge in [0.2, 0.25) is 0 Å². The molecule has 3 aromatic carbocycles. The zero-order valence-electron chi connectivity index (χ0n) is 20.3. The summed E-state index contributed by atoms with van der Waals surface area (Å²) in [5, 5.41) is 3.19. The molecule has 0 atom stereocenters. The zero-order chi connectivity index (χ0) is 25.7. The Bertz CT molecular complexity index is 1510. The number of fused-ring (bicyclic) bond motifs is 1. The fraction of sp³-hybridized carbons (Fsp3) is 0.222. The van der Waals surface area contributed by atoms with Crippen molar-refractivity contribution in [2.24, 2.45) is 0 Å². The zero-order valence-corrected chi connectivity index (χ0v) is 20.3.